The normalized spacial score (nSPS) is 10.9. The number of primary sulfonamides is 1. The Balaban J connectivity index is 2.63. The maximum Gasteiger partial charge on any atom is 0.255 e. The lowest BCUT2D eigenvalue weighted by atomic mass is 10.1. The summed E-state index contributed by atoms with van der Waals surface area (Å²) in [7, 11) is -0.534. The van der Waals surface area contributed by atoms with Gasteiger partial charge in [-0.05, 0) is 18.6 Å². The molecule has 0 unspecified atom stereocenters. The van der Waals surface area contributed by atoms with Crippen LogP contribution in [0.1, 0.15) is 16.8 Å². The van der Waals surface area contributed by atoms with E-state index in [1.54, 1.807) is 18.2 Å². The Labute approximate surface area is 118 Å². The molecule has 0 saturated carbocycles. The van der Waals surface area contributed by atoms with Crippen molar-refractivity contribution in [3.05, 3.63) is 23.8 Å². The van der Waals surface area contributed by atoms with Crippen molar-refractivity contribution in [2.45, 2.75) is 6.42 Å². The van der Waals surface area contributed by atoms with Crippen LogP contribution in [-0.2, 0) is 10.0 Å². The smallest absolute Gasteiger partial charge is 0.255 e. The van der Waals surface area contributed by atoms with Gasteiger partial charge in [-0.15, -0.1) is 0 Å². The number of nitrogens with two attached hydrogens (primary N) is 1. The Morgan fingerprint density at radius 2 is 2.00 bits per heavy atom. The maximum atomic E-state index is 11.9. The monoisotopic (exact) mass is 302 g/mol. The van der Waals surface area contributed by atoms with Gasteiger partial charge in [0, 0.05) is 12.6 Å². The van der Waals surface area contributed by atoms with Crippen molar-refractivity contribution in [1.29, 1.82) is 0 Å². The van der Waals surface area contributed by atoms with E-state index in [0.717, 1.165) is 0 Å². The molecule has 20 heavy (non-hydrogen) atoms. The third-order valence-corrected chi connectivity index (χ3v) is 3.40. The number of rotatable bonds is 7. The van der Waals surface area contributed by atoms with Crippen molar-refractivity contribution in [2.75, 3.05) is 26.5 Å². The minimum absolute atomic E-state index is 0.174. The van der Waals surface area contributed by atoms with Crippen LogP contribution in [0.4, 0.5) is 0 Å². The van der Waals surface area contributed by atoms with Gasteiger partial charge < -0.3 is 14.8 Å². The highest BCUT2D eigenvalue weighted by molar-refractivity contribution is 7.89. The number of nitrogens with one attached hydrogen (secondary N) is 1. The zero-order chi connectivity index (χ0) is 15.2. The van der Waals surface area contributed by atoms with Gasteiger partial charge in [0.05, 0.1) is 25.5 Å². The summed E-state index contributed by atoms with van der Waals surface area (Å²) in [5, 5.41) is 7.47. The van der Waals surface area contributed by atoms with Crippen molar-refractivity contribution >= 4 is 15.9 Å². The number of benzene rings is 1. The average Bonchev–Trinajstić information content (AvgIpc) is 2.41. The van der Waals surface area contributed by atoms with Gasteiger partial charge in [0.25, 0.3) is 5.91 Å². The molecule has 3 N–H and O–H groups in total. The molecule has 0 aliphatic carbocycles. The van der Waals surface area contributed by atoms with Crippen LogP contribution in [0, 0.1) is 0 Å². The topological polar surface area (TPSA) is 108 Å². The molecular formula is C12H18N2O5S. The van der Waals surface area contributed by atoms with Crippen LogP contribution in [0.15, 0.2) is 18.2 Å². The van der Waals surface area contributed by atoms with E-state index in [4.69, 9.17) is 14.6 Å². The zero-order valence-electron chi connectivity index (χ0n) is 11.4. The summed E-state index contributed by atoms with van der Waals surface area (Å²) in [5.41, 5.74) is 0.351. The fourth-order valence-electron chi connectivity index (χ4n) is 1.56. The van der Waals surface area contributed by atoms with E-state index >= 15 is 0 Å². The highest BCUT2D eigenvalue weighted by atomic mass is 32.2. The molecule has 1 aromatic rings. The van der Waals surface area contributed by atoms with Crippen LogP contribution in [0.25, 0.3) is 0 Å². The Bertz CT molecular complexity index is 571. The first kappa shape index (κ1) is 16.3. The number of hydrogen-bond donors (Lipinski definition) is 2. The van der Waals surface area contributed by atoms with Gasteiger partial charge in [-0.25, -0.2) is 13.6 Å². The van der Waals surface area contributed by atoms with Crippen molar-refractivity contribution in [2.24, 2.45) is 5.14 Å². The fourth-order valence-corrected chi connectivity index (χ4v) is 2.10. The van der Waals surface area contributed by atoms with Gasteiger partial charge in [-0.3, -0.25) is 4.79 Å². The van der Waals surface area contributed by atoms with Crippen LogP contribution in [0.5, 0.6) is 11.5 Å². The second-order valence-electron chi connectivity index (χ2n) is 4.04. The van der Waals surface area contributed by atoms with E-state index in [1.165, 1.54) is 14.2 Å². The third-order valence-electron chi connectivity index (χ3n) is 2.54. The summed E-state index contributed by atoms with van der Waals surface area (Å²) in [6.07, 6.45) is 0.253. The molecule has 0 saturated heterocycles. The number of ether oxygens (including phenoxy) is 2. The number of methoxy groups -OCH3 is 2. The molecular weight excluding hydrogens is 284 g/mol. The summed E-state index contributed by atoms with van der Waals surface area (Å²) < 4.78 is 31.6. The van der Waals surface area contributed by atoms with Gasteiger partial charge in [-0.2, -0.15) is 0 Å². The van der Waals surface area contributed by atoms with Gasteiger partial charge >= 0.3 is 0 Å². The summed E-state index contributed by atoms with van der Waals surface area (Å²) >= 11 is 0. The zero-order valence-corrected chi connectivity index (χ0v) is 12.2. The first-order valence-corrected chi connectivity index (χ1v) is 7.59. The van der Waals surface area contributed by atoms with Crippen molar-refractivity contribution in [3.8, 4) is 11.5 Å². The summed E-state index contributed by atoms with van der Waals surface area (Å²) in [4.78, 5) is 11.9. The molecule has 0 atom stereocenters. The van der Waals surface area contributed by atoms with Gasteiger partial charge in [0.15, 0.2) is 0 Å². The van der Waals surface area contributed by atoms with Crippen LogP contribution in [0.2, 0.25) is 0 Å². The summed E-state index contributed by atoms with van der Waals surface area (Å²) in [6, 6.07) is 4.81. The van der Waals surface area contributed by atoms with Crippen LogP contribution in [-0.4, -0.2) is 40.8 Å². The fraction of sp³-hybridized carbons (Fsp3) is 0.417. The third kappa shape index (κ3) is 5.06. The number of carbonyl (C=O) groups is 1. The lowest BCUT2D eigenvalue weighted by Crippen LogP contribution is -2.27. The molecule has 0 spiro atoms. The van der Waals surface area contributed by atoms with Crippen LogP contribution < -0.4 is 19.9 Å². The summed E-state index contributed by atoms with van der Waals surface area (Å²) in [6.45, 7) is 0.213. The molecule has 1 rings (SSSR count). The molecule has 8 heteroatoms. The molecule has 0 heterocycles. The first-order valence-electron chi connectivity index (χ1n) is 5.88. The van der Waals surface area contributed by atoms with Crippen molar-refractivity contribution in [1.82, 2.24) is 5.32 Å². The standard InChI is InChI=1S/C12H18N2O5S/c1-18-9-4-5-10(11(8-9)19-2)12(15)14-6-3-7-20(13,16)17/h4-5,8H,3,6-7H2,1-2H3,(H,14,15)(H2,13,16,17). The molecule has 7 nitrogen and oxygen atoms in total. The number of amides is 1. The van der Waals surface area contributed by atoms with Crippen LogP contribution >= 0.6 is 0 Å². The van der Waals surface area contributed by atoms with E-state index in [2.05, 4.69) is 5.32 Å². The van der Waals surface area contributed by atoms with Crippen molar-refractivity contribution < 1.29 is 22.7 Å². The molecule has 0 aromatic heterocycles. The Morgan fingerprint density at radius 1 is 1.30 bits per heavy atom. The number of carbonyl (C=O) groups excluding carboxylic acids is 1. The molecule has 112 valence electrons. The molecule has 0 aliphatic heterocycles. The quantitative estimate of drug-likeness (QED) is 0.695. The summed E-state index contributed by atoms with van der Waals surface area (Å²) in [5.74, 6) is 0.437. The average molecular weight is 302 g/mol. The molecule has 1 aromatic carbocycles. The Morgan fingerprint density at radius 3 is 2.55 bits per heavy atom. The second kappa shape index (κ2) is 7.11. The Kier molecular flexibility index (Phi) is 5.78. The highest BCUT2D eigenvalue weighted by Crippen LogP contribution is 2.24. The van der Waals surface area contributed by atoms with E-state index in [-0.39, 0.29) is 24.6 Å². The lowest BCUT2D eigenvalue weighted by Gasteiger charge is -2.10. The van der Waals surface area contributed by atoms with E-state index in [9.17, 15) is 13.2 Å². The molecule has 0 radical (unpaired) electrons. The molecule has 0 fully saturated rings. The minimum Gasteiger partial charge on any atom is -0.497 e. The SMILES string of the molecule is COc1ccc(C(=O)NCCCS(N)(=O)=O)c(OC)c1. The second-order valence-corrected chi connectivity index (χ2v) is 5.78. The Hall–Kier alpha value is -1.80. The van der Waals surface area contributed by atoms with Gasteiger partial charge in [0.2, 0.25) is 10.0 Å². The molecule has 0 bridgehead atoms. The van der Waals surface area contributed by atoms with E-state index in [0.29, 0.717) is 17.1 Å². The predicted molar refractivity (Wildman–Crippen MR) is 74.5 cm³/mol. The largest absolute Gasteiger partial charge is 0.497 e. The van der Waals surface area contributed by atoms with E-state index < -0.39 is 10.0 Å². The maximum absolute atomic E-state index is 11.9. The predicted octanol–water partition coefficient (Wildman–Crippen LogP) is 0.112. The van der Waals surface area contributed by atoms with Gasteiger partial charge in [-0.1, -0.05) is 0 Å². The number of hydrogen-bond acceptors (Lipinski definition) is 5. The minimum atomic E-state index is -3.50. The highest BCUT2D eigenvalue weighted by Gasteiger charge is 2.13. The number of sulfonamides is 1. The molecule has 1 amide bonds. The van der Waals surface area contributed by atoms with Gasteiger partial charge in [0.1, 0.15) is 11.5 Å². The van der Waals surface area contributed by atoms with Crippen molar-refractivity contribution in [3.63, 3.8) is 0 Å². The molecule has 0 aliphatic rings. The van der Waals surface area contributed by atoms with Crippen LogP contribution in [0.3, 0.4) is 0 Å². The van der Waals surface area contributed by atoms with E-state index in [1.807, 2.05) is 0 Å². The lowest BCUT2D eigenvalue weighted by molar-refractivity contribution is 0.0950. The first-order chi connectivity index (χ1) is 9.37.